The van der Waals surface area contributed by atoms with Gasteiger partial charge in [-0.25, -0.2) is 0 Å². The molecule has 8 heteroatoms. The Morgan fingerprint density at radius 1 is 1.35 bits per heavy atom. The van der Waals surface area contributed by atoms with E-state index in [2.05, 4.69) is 15.5 Å². The first-order chi connectivity index (χ1) is 10.9. The van der Waals surface area contributed by atoms with Gasteiger partial charge >= 0.3 is 5.97 Å². The summed E-state index contributed by atoms with van der Waals surface area (Å²) in [6.45, 7) is 4.83. The molecule has 1 aliphatic rings. The van der Waals surface area contributed by atoms with Crippen molar-refractivity contribution in [2.24, 2.45) is 0 Å². The SMILES string of the molecule is CC(C)c1noc(CCC(=O)NC2(CC(=O)O)CCOCC2)n1. The first kappa shape index (κ1) is 17.4. The molecule has 0 aliphatic carbocycles. The molecule has 1 amide bonds. The van der Waals surface area contributed by atoms with Crippen LogP contribution in [-0.4, -0.2) is 45.9 Å². The molecule has 23 heavy (non-hydrogen) atoms. The summed E-state index contributed by atoms with van der Waals surface area (Å²) in [4.78, 5) is 27.5. The number of nitrogens with zero attached hydrogens (tertiary/aromatic N) is 2. The summed E-state index contributed by atoms with van der Waals surface area (Å²) in [5, 5.41) is 15.8. The predicted molar refractivity (Wildman–Crippen MR) is 79.9 cm³/mol. The van der Waals surface area contributed by atoms with Crippen LogP contribution in [0, 0.1) is 0 Å². The highest BCUT2D eigenvalue weighted by molar-refractivity contribution is 5.78. The Balaban J connectivity index is 1.89. The van der Waals surface area contributed by atoms with Crippen molar-refractivity contribution in [1.29, 1.82) is 0 Å². The van der Waals surface area contributed by atoms with E-state index in [-0.39, 0.29) is 24.7 Å². The van der Waals surface area contributed by atoms with E-state index in [4.69, 9.17) is 14.4 Å². The maximum absolute atomic E-state index is 12.2. The zero-order valence-electron chi connectivity index (χ0n) is 13.5. The zero-order valence-corrected chi connectivity index (χ0v) is 13.5. The molecule has 1 fully saturated rings. The van der Waals surface area contributed by atoms with Gasteiger partial charge in [-0.15, -0.1) is 0 Å². The maximum Gasteiger partial charge on any atom is 0.305 e. The van der Waals surface area contributed by atoms with Crippen LogP contribution >= 0.6 is 0 Å². The predicted octanol–water partition coefficient (Wildman–Crippen LogP) is 1.27. The third-order valence-electron chi connectivity index (χ3n) is 3.91. The van der Waals surface area contributed by atoms with Crippen LogP contribution in [0.4, 0.5) is 0 Å². The summed E-state index contributed by atoms with van der Waals surface area (Å²) in [6.07, 6.45) is 1.43. The Morgan fingerprint density at radius 3 is 2.61 bits per heavy atom. The molecule has 0 unspecified atom stereocenters. The van der Waals surface area contributed by atoms with Crippen molar-refractivity contribution in [1.82, 2.24) is 15.5 Å². The van der Waals surface area contributed by atoms with Gasteiger partial charge in [0.15, 0.2) is 5.82 Å². The number of hydrogen-bond donors (Lipinski definition) is 2. The lowest BCUT2D eigenvalue weighted by molar-refractivity contribution is -0.140. The van der Waals surface area contributed by atoms with Gasteiger partial charge in [0.05, 0.1) is 12.0 Å². The van der Waals surface area contributed by atoms with Crippen LogP contribution in [0.5, 0.6) is 0 Å². The normalized spacial score (nSPS) is 17.2. The number of rotatable bonds is 7. The van der Waals surface area contributed by atoms with Crippen molar-refractivity contribution >= 4 is 11.9 Å². The number of carboxylic acid groups (broad SMARTS) is 1. The number of nitrogens with one attached hydrogen (secondary N) is 1. The van der Waals surface area contributed by atoms with Gasteiger partial charge in [-0.05, 0) is 12.8 Å². The van der Waals surface area contributed by atoms with E-state index in [1.807, 2.05) is 13.8 Å². The van der Waals surface area contributed by atoms with Gasteiger partial charge in [-0.3, -0.25) is 9.59 Å². The van der Waals surface area contributed by atoms with Crippen molar-refractivity contribution in [3.05, 3.63) is 11.7 Å². The van der Waals surface area contributed by atoms with Crippen LogP contribution in [0.3, 0.4) is 0 Å². The molecule has 2 N–H and O–H groups in total. The molecule has 0 radical (unpaired) electrons. The minimum atomic E-state index is -0.925. The number of aliphatic carboxylic acids is 1. The van der Waals surface area contributed by atoms with Crippen LogP contribution in [0.25, 0.3) is 0 Å². The number of aromatic nitrogens is 2. The fraction of sp³-hybridized carbons (Fsp3) is 0.733. The average molecular weight is 325 g/mol. The van der Waals surface area contributed by atoms with Gasteiger partial charge in [-0.2, -0.15) is 4.98 Å². The quantitative estimate of drug-likeness (QED) is 0.775. The van der Waals surface area contributed by atoms with Crippen molar-refractivity contribution < 1.29 is 24.0 Å². The van der Waals surface area contributed by atoms with E-state index in [9.17, 15) is 9.59 Å². The van der Waals surface area contributed by atoms with Gasteiger partial charge < -0.3 is 19.7 Å². The Hall–Kier alpha value is -1.96. The van der Waals surface area contributed by atoms with Gasteiger partial charge in [0.2, 0.25) is 11.8 Å². The van der Waals surface area contributed by atoms with Crippen molar-refractivity contribution in [3.63, 3.8) is 0 Å². The molecule has 8 nitrogen and oxygen atoms in total. The fourth-order valence-electron chi connectivity index (χ4n) is 2.58. The lowest BCUT2D eigenvalue weighted by Crippen LogP contribution is -2.53. The lowest BCUT2D eigenvalue weighted by Gasteiger charge is -2.36. The van der Waals surface area contributed by atoms with Crippen LogP contribution in [0.15, 0.2) is 4.52 Å². The molecule has 0 aromatic carbocycles. The summed E-state index contributed by atoms with van der Waals surface area (Å²) in [5.41, 5.74) is -0.723. The molecular weight excluding hydrogens is 302 g/mol. The Labute approximate surface area is 134 Å². The smallest absolute Gasteiger partial charge is 0.305 e. The summed E-state index contributed by atoms with van der Waals surface area (Å²) >= 11 is 0. The topological polar surface area (TPSA) is 115 Å². The molecular formula is C15H23N3O5. The second kappa shape index (κ2) is 7.54. The molecule has 0 atom stereocenters. The molecule has 0 saturated carbocycles. The van der Waals surface area contributed by atoms with E-state index >= 15 is 0 Å². The molecule has 2 heterocycles. The zero-order chi connectivity index (χ0) is 16.9. The second-order valence-corrected chi connectivity index (χ2v) is 6.21. The van der Waals surface area contributed by atoms with E-state index in [0.29, 0.717) is 44.2 Å². The van der Waals surface area contributed by atoms with Gasteiger partial charge in [0.1, 0.15) is 0 Å². The highest BCUT2D eigenvalue weighted by Gasteiger charge is 2.36. The van der Waals surface area contributed by atoms with Gasteiger partial charge in [0, 0.05) is 32.0 Å². The number of hydrogen-bond acceptors (Lipinski definition) is 6. The minimum absolute atomic E-state index is 0.0971. The molecule has 1 aliphatic heterocycles. The molecule has 1 saturated heterocycles. The molecule has 1 aromatic heterocycles. The average Bonchev–Trinajstić information content (AvgIpc) is 2.94. The number of carboxylic acids is 1. The highest BCUT2D eigenvalue weighted by Crippen LogP contribution is 2.25. The van der Waals surface area contributed by atoms with E-state index in [1.165, 1.54) is 0 Å². The minimum Gasteiger partial charge on any atom is -0.481 e. The largest absolute Gasteiger partial charge is 0.481 e. The van der Waals surface area contributed by atoms with Crippen LogP contribution < -0.4 is 5.32 Å². The molecule has 1 aromatic rings. The maximum atomic E-state index is 12.2. The molecule has 128 valence electrons. The van der Waals surface area contributed by atoms with Gasteiger partial charge in [-0.1, -0.05) is 19.0 Å². The van der Waals surface area contributed by atoms with Crippen molar-refractivity contribution in [2.45, 2.75) is 57.4 Å². The first-order valence-corrected chi connectivity index (χ1v) is 7.83. The Bertz CT molecular complexity index is 549. The lowest BCUT2D eigenvalue weighted by atomic mass is 9.86. The summed E-state index contributed by atoms with van der Waals surface area (Å²) in [5.74, 6) is 0.0702. The first-order valence-electron chi connectivity index (χ1n) is 7.83. The molecule has 0 spiro atoms. The summed E-state index contributed by atoms with van der Waals surface area (Å²) in [7, 11) is 0. The van der Waals surface area contributed by atoms with Crippen molar-refractivity contribution in [3.8, 4) is 0 Å². The summed E-state index contributed by atoms with van der Waals surface area (Å²) in [6, 6.07) is 0. The summed E-state index contributed by atoms with van der Waals surface area (Å²) < 4.78 is 10.4. The highest BCUT2D eigenvalue weighted by atomic mass is 16.5. The Morgan fingerprint density at radius 2 is 2.04 bits per heavy atom. The van der Waals surface area contributed by atoms with Crippen LogP contribution in [0.1, 0.15) is 57.2 Å². The van der Waals surface area contributed by atoms with E-state index < -0.39 is 11.5 Å². The van der Waals surface area contributed by atoms with Gasteiger partial charge in [0.25, 0.3) is 0 Å². The van der Waals surface area contributed by atoms with Crippen LogP contribution in [-0.2, 0) is 20.7 Å². The fourth-order valence-corrected chi connectivity index (χ4v) is 2.58. The second-order valence-electron chi connectivity index (χ2n) is 6.21. The number of ether oxygens (including phenoxy) is 1. The number of carbonyl (C=O) groups excluding carboxylic acids is 1. The monoisotopic (exact) mass is 325 g/mol. The Kier molecular flexibility index (Phi) is 5.70. The van der Waals surface area contributed by atoms with Crippen LogP contribution in [0.2, 0.25) is 0 Å². The number of carbonyl (C=O) groups is 2. The molecule has 2 rings (SSSR count). The van der Waals surface area contributed by atoms with E-state index in [0.717, 1.165) is 0 Å². The number of aryl methyl sites for hydroxylation is 1. The third kappa shape index (κ3) is 5.02. The third-order valence-corrected chi connectivity index (χ3v) is 3.91. The van der Waals surface area contributed by atoms with E-state index in [1.54, 1.807) is 0 Å². The number of amides is 1. The molecule has 0 bridgehead atoms. The standard InChI is InChI=1S/C15H23N3O5/c1-10(2)14-16-12(23-18-14)4-3-11(19)17-15(9-13(20)21)5-7-22-8-6-15/h10H,3-9H2,1-2H3,(H,17,19)(H,20,21). The van der Waals surface area contributed by atoms with Crippen molar-refractivity contribution in [2.75, 3.05) is 13.2 Å².